The van der Waals surface area contributed by atoms with Crippen molar-refractivity contribution in [2.45, 2.75) is 32.7 Å². The van der Waals surface area contributed by atoms with Gasteiger partial charge in [0, 0.05) is 18.3 Å². The van der Waals surface area contributed by atoms with Crippen molar-refractivity contribution >= 4 is 5.82 Å². The van der Waals surface area contributed by atoms with Crippen LogP contribution < -0.4 is 15.8 Å². The first-order chi connectivity index (χ1) is 8.00. The summed E-state index contributed by atoms with van der Waals surface area (Å²) in [7, 11) is 1.64. The second-order valence-corrected chi connectivity index (χ2v) is 5.04. The molecule has 96 valence electrons. The Balaban J connectivity index is 2.86. The molecule has 0 saturated heterocycles. The van der Waals surface area contributed by atoms with Crippen LogP contribution in [0.4, 0.5) is 5.82 Å². The Kier molecular flexibility index (Phi) is 4.75. The zero-order valence-corrected chi connectivity index (χ0v) is 11.2. The lowest BCUT2D eigenvalue weighted by molar-refractivity contribution is 0.393. The van der Waals surface area contributed by atoms with Gasteiger partial charge >= 0.3 is 0 Å². The third-order valence-corrected chi connectivity index (χ3v) is 2.72. The number of nitrogens with two attached hydrogens (primary N) is 1. The van der Waals surface area contributed by atoms with E-state index in [1.807, 2.05) is 12.1 Å². The van der Waals surface area contributed by atoms with Gasteiger partial charge in [0.1, 0.15) is 0 Å². The van der Waals surface area contributed by atoms with Gasteiger partial charge < -0.3 is 15.8 Å². The molecule has 0 aromatic carbocycles. The molecule has 0 radical (unpaired) electrons. The number of hydrogen-bond acceptors (Lipinski definition) is 4. The molecule has 0 spiro atoms. The number of nitrogens with one attached hydrogen (secondary N) is 1. The molecule has 0 amide bonds. The van der Waals surface area contributed by atoms with Gasteiger partial charge in [-0.1, -0.05) is 13.8 Å². The van der Waals surface area contributed by atoms with E-state index < -0.39 is 0 Å². The molecule has 17 heavy (non-hydrogen) atoms. The molecule has 1 aromatic rings. The van der Waals surface area contributed by atoms with Crippen molar-refractivity contribution in [3.8, 4) is 5.75 Å². The Hall–Kier alpha value is -1.29. The van der Waals surface area contributed by atoms with Gasteiger partial charge in [-0.3, -0.25) is 0 Å². The first-order valence-corrected chi connectivity index (χ1v) is 5.98. The first-order valence-electron chi connectivity index (χ1n) is 5.98. The molecule has 0 saturated carbocycles. The molecule has 1 unspecified atom stereocenters. The molecule has 3 N–H and O–H groups in total. The second-order valence-electron chi connectivity index (χ2n) is 5.04. The highest BCUT2D eigenvalue weighted by molar-refractivity contribution is 5.51. The average molecular weight is 237 g/mol. The molecule has 1 rings (SSSR count). The highest BCUT2D eigenvalue weighted by Gasteiger charge is 2.25. The number of rotatable bonds is 6. The van der Waals surface area contributed by atoms with E-state index in [0.717, 1.165) is 18.0 Å². The van der Waals surface area contributed by atoms with Gasteiger partial charge in [-0.05, 0) is 31.4 Å². The van der Waals surface area contributed by atoms with Crippen LogP contribution in [0.1, 0.15) is 27.2 Å². The van der Waals surface area contributed by atoms with Crippen molar-refractivity contribution in [3.05, 3.63) is 18.3 Å². The van der Waals surface area contributed by atoms with Crippen LogP contribution in [0.15, 0.2) is 18.3 Å². The average Bonchev–Trinajstić information content (AvgIpc) is 2.28. The van der Waals surface area contributed by atoms with Gasteiger partial charge in [0.15, 0.2) is 11.6 Å². The minimum absolute atomic E-state index is 0.157. The maximum absolute atomic E-state index is 5.86. The summed E-state index contributed by atoms with van der Waals surface area (Å²) >= 11 is 0. The van der Waals surface area contributed by atoms with Crippen LogP contribution in [0.25, 0.3) is 0 Å². The van der Waals surface area contributed by atoms with Crippen molar-refractivity contribution in [2.75, 3.05) is 19.0 Å². The van der Waals surface area contributed by atoms with E-state index in [1.54, 1.807) is 13.3 Å². The van der Waals surface area contributed by atoms with Crippen LogP contribution in [0.2, 0.25) is 0 Å². The van der Waals surface area contributed by atoms with E-state index in [-0.39, 0.29) is 5.54 Å². The molecule has 4 heteroatoms. The summed E-state index contributed by atoms with van der Waals surface area (Å²) in [6.07, 6.45) is 2.74. The van der Waals surface area contributed by atoms with Gasteiger partial charge in [-0.2, -0.15) is 0 Å². The van der Waals surface area contributed by atoms with Crippen LogP contribution in [-0.4, -0.2) is 24.2 Å². The molecule has 0 bridgehead atoms. The number of pyridine rings is 1. The largest absolute Gasteiger partial charge is 0.493 e. The number of nitrogens with zero attached hydrogens (tertiary/aromatic N) is 1. The second kappa shape index (κ2) is 5.87. The smallest absolute Gasteiger partial charge is 0.169 e. The molecule has 0 aliphatic rings. The Morgan fingerprint density at radius 1 is 1.53 bits per heavy atom. The standard InChI is InChI=1S/C13H23N3O/c1-10(2)8-13(3,9-14)16-12-11(17-4)6-5-7-15-12/h5-7,10H,8-9,14H2,1-4H3,(H,15,16). The van der Waals surface area contributed by atoms with Gasteiger partial charge in [-0.15, -0.1) is 0 Å². The van der Waals surface area contributed by atoms with Crippen molar-refractivity contribution < 1.29 is 4.74 Å². The third kappa shape index (κ3) is 3.89. The number of ether oxygens (including phenoxy) is 1. The van der Waals surface area contributed by atoms with E-state index in [4.69, 9.17) is 10.5 Å². The normalized spacial score (nSPS) is 14.5. The Morgan fingerprint density at radius 3 is 2.76 bits per heavy atom. The maximum atomic E-state index is 5.86. The van der Waals surface area contributed by atoms with Gasteiger partial charge in [0.05, 0.1) is 7.11 Å². The molecule has 1 heterocycles. The van der Waals surface area contributed by atoms with Gasteiger partial charge in [0.25, 0.3) is 0 Å². The third-order valence-electron chi connectivity index (χ3n) is 2.72. The summed E-state index contributed by atoms with van der Waals surface area (Å²) < 4.78 is 5.27. The number of aromatic nitrogens is 1. The minimum atomic E-state index is -0.157. The summed E-state index contributed by atoms with van der Waals surface area (Å²) in [5, 5.41) is 3.39. The highest BCUT2D eigenvalue weighted by Crippen LogP contribution is 2.26. The summed E-state index contributed by atoms with van der Waals surface area (Å²) in [6, 6.07) is 3.74. The fraction of sp³-hybridized carbons (Fsp3) is 0.615. The summed E-state index contributed by atoms with van der Waals surface area (Å²) in [4.78, 5) is 4.30. The lowest BCUT2D eigenvalue weighted by Crippen LogP contribution is -2.44. The van der Waals surface area contributed by atoms with Gasteiger partial charge in [0.2, 0.25) is 0 Å². The highest BCUT2D eigenvalue weighted by atomic mass is 16.5. The fourth-order valence-electron chi connectivity index (χ4n) is 2.02. The monoisotopic (exact) mass is 237 g/mol. The van der Waals surface area contributed by atoms with Crippen LogP contribution in [0.5, 0.6) is 5.75 Å². The van der Waals surface area contributed by atoms with E-state index in [9.17, 15) is 0 Å². The van der Waals surface area contributed by atoms with Crippen molar-refractivity contribution in [1.29, 1.82) is 0 Å². The molecule has 1 aromatic heterocycles. The minimum Gasteiger partial charge on any atom is -0.493 e. The Bertz CT molecular complexity index is 354. The van der Waals surface area contributed by atoms with E-state index in [1.165, 1.54) is 0 Å². The summed E-state index contributed by atoms with van der Waals surface area (Å²) in [5.41, 5.74) is 5.71. The predicted octanol–water partition coefficient (Wildman–Crippen LogP) is 2.27. The molecule has 0 aliphatic heterocycles. The Labute approximate surface area is 104 Å². The lowest BCUT2D eigenvalue weighted by atomic mass is 9.91. The Morgan fingerprint density at radius 2 is 2.24 bits per heavy atom. The lowest BCUT2D eigenvalue weighted by Gasteiger charge is -2.32. The molecule has 0 aliphatic carbocycles. The molecular weight excluding hydrogens is 214 g/mol. The maximum Gasteiger partial charge on any atom is 0.169 e. The zero-order valence-electron chi connectivity index (χ0n) is 11.2. The van der Waals surface area contributed by atoms with E-state index in [0.29, 0.717) is 12.5 Å². The first kappa shape index (κ1) is 13.8. The molecule has 1 atom stereocenters. The molecule has 4 nitrogen and oxygen atoms in total. The number of methoxy groups -OCH3 is 1. The zero-order chi connectivity index (χ0) is 12.9. The topological polar surface area (TPSA) is 60.2 Å². The summed E-state index contributed by atoms with van der Waals surface area (Å²) in [5.74, 6) is 2.07. The fourth-order valence-corrected chi connectivity index (χ4v) is 2.02. The van der Waals surface area contributed by atoms with Gasteiger partial charge in [-0.25, -0.2) is 4.98 Å². The van der Waals surface area contributed by atoms with Crippen molar-refractivity contribution in [3.63, 3.8) is 0 Å². The van der Waals surface area contributed by atoms with Crippen LogP contribution in [-0.2, 0) is 0 Å². The van der Waals surface area contributed by atoms with Crippen LogP contribution in [0.3, 0.4) is 0 Å². The predicted molar refractivity (Wildman–Crippen MR) is 71.3 cm³/mol. The van der Waals surface area contributed by atoms with E-state index >= 15 is 0 Å². The number of hydrogen-bond donors (Lipinski definition) is 2. The molecule has 0 fully saturated rings. The number of anilines is 1. The van der Waals surface area contributed by atoms with Crippen LogP contribution >= 0.6 is 0 Å². The quantitative estimate of drug-likeness (QED) is 0.796. The van der Waals surface area contributed by atoms with Crippen molar-refractivity contribution in [1.82, 2.24) is 4.98 Å². The summed E-state index contributed by atoms with van der Waals surface area (Å²) in [6.45, 7) is 7.04. The van der Waals surface area contributed by atoms with Crippen molar-refractivity contribution in [2.24, 2.45) is 11.7 Å². The van der Waals surface area contributed by atoms with E-state index in [2.05, 4.69) is 31.1 Å². The van der Waals surface area contributed by atoms with Crippen LogP contribution in [0, 0.1) is 5.92 Å². The molecular formula is C13H23N3O. The SMILES string of the molecule is COc1cccnc1NC(C)(CN)CC(C)C.